The molecule has 1 saturated heterocycles. The van der Waals surface area contributed by atoms with Crippen LogP contribution in [-0.2, 0) is 6.54 Å². The summed E-state index contributed by atoms with van der Waals surface area (Å²) >= 11 is 5.86. The van der Waals surface area contributed by atoms with Gasteiger partial charge in [0.1, 0.15) is 0 Å². The Morgan fingerprint density at radius 1 is 1.33 bits per heavy atom. The molecule has 100 valence electrons. The number of hydrogen-bond donors (Lipinski definition) is 1. The molecule has 6 heteroatoms. The highest BCUT2D eigenvalue weighted by Gasteiger charge is 2.20. The van der Waals surface area contributed by atoms with E-state index >= 15 is 0 Å². The Kier molecular flexibility index (Phi) is 4.37. The van der Waals surface area contributed by atoms with Crippen molar-refractivity contribution in [1.82, 2.24) is 10.2 Å². The van der Waals surface area contributed by atoms with E-state index in [0.717, 1.165) is 26.2 Å². The van der Waals surface area contributed by atoms with Crippen molar-refractivity contribution >= 4 is 11.6 Å². The van der Waals surface area contributed by atoms with Crippen LogP contribution in [0.15, 0.2) is 6.07 Å². The molecule has 0 amide bonds. The van der Waals surface area contributed by atoms with Crippen LogP contribution in [-0.4, -0.2) is 38.2 Å². The maximum atomic E-state index is 13.8. The third-order valence-electron chi connectivity index (χ3n) is 3.00. The molecule has 1 heterocycles. The fourth-order valence-electron chi connectivity index (χ4n) is 2.04. The largest absolute Gasteiger partial charge is 0.492 e. The Balaban J connectivity index is 2.22. The zero-order valence-electron chi connectivity index (χ0n) is 10.1. The van der Waals surface area contributed by atoms with Gasteiger partial charge in [0.2, 0.25) is 5.82 Å². The minimum atomic E-state index is -1.02. The van der Waals surface area contributed by atoms with Crippen LogP contribution < -0.4 is 10.1 Å². The van der Waals surface area contributed by atoms with E-state index in [9.17, 15) is 8.78 Å². The molecule has 0 saturated carbocycles. The average molecular weight is 277 g/mol. The van der Waals surface area contributed by atoms with Crippen molar-refractivity contribution in [1.29, 1.82) is 0 Å². The highest BCUT2D eigenvalue weighted by molar-refractivity contribution is 6.32. The van der Waals surface area contributed by atoms with Gasteiger partial charge in [-0.3, -0.25) is 4.90 Å². The van der Waals surface area contributed by atoms with Gasteiger partial charge in [0.15, 0.2) is 11.6 Å². The lowest BCUT2D eigenvalue weighted by Gasteiger charge is -2.27. The van der Waals surface area contributed by atoms with E-state index in [0.29, 0.717) is 6.54 Å². The third-order valence-corrected chi connectivity index (χ3v) is 3.28. The molecule has 1 fully saturated rings. The third kappa shape index (κ3) is 2.74. The summed E-state index contributed by atoms with van der Waals surface area (Å²) in [4.78, 5) is 2.05. The Morgan fingerprint density at radius 2 is 2.00 bits per heavy atom. The van der Waals surface area contributed by atoms with Crippen molar-refractivity contribution in [2.24, 2.45) is 0 Å². The highest BCUT2D eigenvalue weighted by atomic mass is 35.5. The van der Waals surface area contributed by atoms with E-state index in [-0.39, 0.29) is 16.3 Å². The number of hydrogen-bond acceptors (Lipinski definition) is 3. The van der Waals surface area contributed by atoms with E-state index < -0.39 is 11.6 Å². The van der Waals surface area contributed by atoms with Crippen molar-refractivity contribution in [3.63, 3.8) is 0 Å². The second kappa shape index (κ2) is 5.82. The molecule has 0 aromatic heterocycles. The first-order chi connectivity index (χ1) is 8.63. The number of methoxy groups -OCH3 is 1. The fourth-order valence-corrected chi connectivity index (χ4v) is 2.33. The SMILES string of the molecule is COc1c(Cl)cc(CN2CCNCC2)c(F)c1F. The molecule has 0 radical (unpaired) electrons. The summed E-state index contributed by atoms with van der Waals surface area (Å²) in [6.07, 6.45) is 0. The number of ether oxygens (including phenoxy) is 1. The van der Waals surface area contributed by atoms with Crippen LogP contribution in [0, 0.1) is 11.6 Å². The van der Waals surface area contributed by atoms with Crippen LogP contribution >= 0.6 is 11.6 Å². The highest BCUT2D eigenvalue weighted by Crippen LogP contribution is 2.32. The molecule has 18 heavy (non-hydrogen) atoms. The van der Waals surface area contributed by atoms with Gasteiger partial charge in [0, 0.05) is 38.3 Å². The van der Waals surface area contributed by atoms with Crippen molar-refractivity contribution in [2.45, 2.75) is 6.54 Å². The molecule has 1 aromatic rings. The lowest BCUT2D eigenvalue weighted by atomic mass is 10.1. The molecule has 0 unspecified atom stereocenters. The maximum absolute atomic E-state index is 13.8. The maximum Gasteiger partial charge on any atom is 0.202 e. The number of halogens is 3. The van der Waals surface area contributed by atoms with E-state index in [1.54, 1.807) is 0 Å². The molecule has 3 nitrogen and oxygen atoms in total. The van der Waals surface area contributed by atoms with Gasteiger partial charge in [-0.1, -0.05) is 11.6 Å². The van der Waals surface area contributed by atoms with Crippen LogP contribution in [0.1, 0.15) is 5.56 Å². The summed E-state index contributed by atoms with van der Waals surface area (Å²) in [7, 11) is 1.26. The Labute approximate surface area is 110 Å². The molecule has 0 spiro atoms. The lowest BCUT2D eigenvalue weighted by molar-refractivity contribution is 0.229. The average Bonchev–Trinajstić information content (AvgIpc) is 2.37. The van der Waals surface area contributed by atoms with Crippen LogP contribution in [0.5, 0.6) is 5.75 Å². The monoisotopic (exact) mass is 276 g/mol. The summed E-state index contributed by atoms with van der Waals surface area (Å²) in [5.41, 5.74) is 0.264. The predicted molar refractivity (Wildman–Crippen MR) is 66.1 cm³/mol. The second-order valence-electron chi connectivity index (χ2n) is 4.20. The van der Waals surface area contributed by atoms with Gasteiger partial charge in [-0.25, -0.2) is 4.39 Å². The van der Waals surface area contributed by atoms with E-state index in [1.165, 1.54) is 13.2 Å². The van der Waals surface area contributed by atoms with E-state index in [1.807, 2.05) is 0 Å². The van der Waals surface area contributed by atoms with Crippen molar-refractivity contribution in [2.75, 3.05) is 33.3 Å². The van der Waals surface area contributed by atoms with Gasteiger partial charge in [0.25, 0.3) is 0 Å². The molecule has 1 aromatic carbocycles. The molecule has 1 N–H and O–H groups in total. The first-order valence-electron chi connectivity index (χ1n) is 5.77. The molecule has 0 aliphatic carbocycles. The van der Waals surface area contributed by atoms with Gasteiger partial charge in [-0.15, -0.1) is 0 Å². The van der Waals surface area contributed by atoms with Gasteiger partial charge < -0.3 is 10.1 Å². The number of benzene rings is 1. The lowest BCUT2D eigenvalue weighted by Crippen LogP contribution is -2.43. The van der Waals surface area contributed by atoms with Crippen LogP contribution in [0.2, 0.25) is 5.02 Å². The van der Waals surface area contributed by atoms with Gasteiger partial charge in [0.05, 0.1) is 12.1 Å². The Hall–Kier alpha value is -0.910. The van der Waals surface area contributed by atoms with Gasteiger partial charge >= 0.3 is 0 Å². The fraction of sp³-hybridized carbons (Fsp3) is 0.500. The smallest absolute Gasteiger partial charge is 0.202 e. The van der Waals surface area contributed by atoms with Crippen molar-refractivity contribution in [3.8, 4) is 5.75 Å². The van der Waals surface area contributed by atoms with Crippen LogP contribution in [0.25, 0.3) is 0 Å². The summed E-state index contributed by atoms with van der Waals surface area (Å²) < 4.78 is 32.2. The number of piperazine rings is 1. The summed E-state index contributed by atoms with van der Waals surface area (Å²) in [6.45, 7) is 3.69. The molecule has 2 rings (SSSR count). The second-order valence-corrected chi connectivity index (χ2v) is 4.61. The number of rotatable bonds is 3. The Bertz CT molecular complexity index is 437. The number of nitrogens with one attached hydrogen (secondary N) is 1. The predicted octanol–water partition coefficient (Wildman–Crippen LogP) is 2.03. The first-order valence-corrected chi connectivity index (χ1v) is 6.14. The van der Waals surface area contributed by atoms with Crippen molar-refractivity contribution < 1.29 is 13.5 Å². The summed E-state index contributed by atoms with van der Waals surface area (Å²) in [6, 6.07) is 1.43. The minimum Gasteiger partial charge on any atom is -0.492 e. The molecule has 0 bridgehead atoms. The van der Waals surface area contributed by atoms with E-state index in [2.05, 4.69) is 10.2 Å². The topological polar surface area (TPSA) is 24.5 Å². The quantitative estimate of drug-likeness (QED) is 0.855. The van der Waals surface area contributed by atoms with Crippen LogP contribution in [0.4, 0.5) is 8.78 Å². The minimum absolute atomic E-state index is 0.0986. The zero-order valence-corrected chi connectivity index (χ0v) is 10.9. The molecule has 1 aliphatic heterocycles. The first kappa shape index (κ1) is 13.5. The normalized spacial score (nSPS) is 16.9. The van der Waals surface area contributed by atoms with Crippen LogP contribution in [0.3, 0.4) is 0 Å². The number of nitrogens with zero attached hydrogens (tertiary/aromatic N) is 1. The van der Waals surface area contributed by atoms with Gasteiger partial charge in [-0.05, 0) is 6.07 Å². The zero-order chi connectivity index (χ0) is 13.1. The van der Waals surface area contributed by atoms with E-state index in [4.69, 9.17) is 16.3 Å². The molecule has 1 aliphatic rings. The van der Waals surface area contributed by atoms with Crippen molar-refractivity contribution in [3.05, 3.63) is 28.3 Å². The molecule has 0 atom stereocenters. The Morgan fingerprint density at radius 3 is 2.61 bits per heavy atom. The molecular formula is C12H15ClF2N2O. The standard InChI is InChI=1S/C12H15ClF2N2O/c1-18-12-9(13)6-8(10(14)11(12)15)7-17-4-2-16-3-5-17/h6,16H,2-5,7H2,1H3. The molecular weight excluding hydrogens is 262 g/mol. The summed E-state index contributed by atoms with van der Waals surface area (Å²) in [5.74, 6) is -2.14. The van der Waals surface area contributed by atoms with Gasteiger partial charge in [-0.2, -0.15) is 4.39 Å². The summed E-state index contributed by atoms with van der Waals surface area (Å²) in [5, 5.41) is 3.30.